The van der Waals surface area contributed by atoms with Crippen molar-refractivity contribution in [2.45, 2.75) is 20.4 Å². The fraction of sp³-hybridized carbons (Fsp3) is 0.222. The molecule has 1 amide bonds. The number of hydrogen-bond donors (Lipinski definition) is 1. The molecule has 0 saturated heterocycles. The molecule has 0 aliphatic heterocycles. The number of halogens is 1. The summed E-state index contributed by atoms with van der Waals surface area (Å²) in [4.78, 5) is 15.9. The number of aromatic nitrogens is 2. The molecule has 133 valence electrons. The van der Waals surface area contributed by atoms with Crippen molar-refractivity contribution in [1.82, 2.24) is 9.55 Å². The third-order valence-corrected chi connectivity index (χ3v) is 3.93. The maximum absolute atomic E-state index is 14.3. The van der Waals surface area contributed by atoms with Crippen LogP contribution < -0.4 is 5.32 Å². The number of rotatable bonds is 4. The van der Waals surface area contributed by atoms with Crippen molar-refractivity contribution in [3.8, 4) is 0 Å². The molecule has 2 aromatic heterocycles. The van der Waals surface area contributed by atoms with Gasteiger partial charge < -0.3 is 20.0 Å². The number of nitrogens with zero attached hydrogens (tertiary/aromatic N) is 3. The second-order valence-electron chi connectivity index (χ2n) is 5.72. The molecule has 0 unspecified atom stereocenters. The van der Waals surface area contributed by atoms with E-state index in [0.29, 0.717) is 11.5 Å². The molecule has 0 aliphatic rings. The zero-order chi connectivity index (χ0) is 17.3. The van der Waals surface area contributed by atoms with Crippen LogP contribution in [0.25, 0.3) is 16.2 Å². The predicted molar refractivity (Wildman–Crippen MR) is 93.2 cm³/mol. The minimum absolute atomic E-state index is 0. The van der Waals surface area contributed by atoms with Gasteiger partial charge in [0.2, 0.25) is 0 Å². The van der Waals surface area contributed by atoms with Crippen molar-refractivity contribution in [2.75, 3.05) is 12.4 Å². The van der Waals surface area contributed by atoms with E-state index in [-0.39, 0.29) is 35.0 Å². The van der Waals surface area contributed by atoms with Gasteiger partial charge in [-0.25, -0.2) is 9.37 Å². The van der Waals surface area contributed by atoms with Gasteiger partial charge in [0.05, 0.1) is 23.7 Å². The van der Waals surface area contributed by atoms with Crippen LogP contribution in [-0.2, 0) is 28.1 Å². The summed E-state index contributed by atoms with van der Waals surface area (Å²) in [5.74, 6) is 0.0305. The van der Waals surface area contributed by atoms with E-state index in [1.54, 1.807) is 17.0 Å². The van der Waals surface area contributed by atoms with Gasteiger partial charge in [-0.1, -0.05) is 6.07 Å². The summed E-state index contributed by atoms with van der Waals surface area (Å²) in [6.45, 7) is 3.88. The summed E-state index contributed by atoms with van der Waals surface area (Å²) < 4.78 is 16.1. The number of hydrogen-bond acceptors (Lipinski definition) is 3. The molecule has 3 rings (SSSR count). The van der Waals surface area contributed by atoms with Crippen molar-refractivity contribution >= 4 is 28.3 Å². The zero-order valence-electron chi connectivity index (χ0n) is 14.1. The van der Waals surface area contributed by atoms with E-state index >= 15 is 0 Å². The molecule has 0 aliphatic carbocycles. The Morgan fingerprint density at radius 2 is 2.08 bits per heavy atom. The number of anilines is 2. The van der Waals surface area contributed by atoms with Crippen LogP contribution in [0.1, 0.15) is 11.1 Å². The van der Waals surface area contributed by atoms with Gasteiger partial charge in [-0.15, -0.1) is 7.05 Å². The number of aryl methyl sites for hydroxylation is 2. The van der Waals surface area contributed by atoms with Crippen LogP contribution in [0.15, 0.2) is 36.7 Å². The smallest absolute Gasteiger partial charge is 0.147 e. The normalized spacial score (nSPS) is 10.4. The standard InChI is InChI=1S/C18H19FN4O.Co/c1-11-8-12(2)17(14(19)9-11)22-18-13-5-7-23(10-16(24)20-3)15(13)4-6-21-18;/h4-9H,10H2,1-3H3,(H2,20,21,22,24);/p-1. The molecule has 2 heterocycles. The van der Waals surface area contributed by atoms with E-state index in [4.69, 9.17) is 0 Å². The van der Waals surface area contributed by atoms with Crippen LogP contribution in [0.4, 0.5) is 15.9 Å². The van der Waals surface area contributed by atoms with Crippen molar-refractivity contribution in [1.29, 1.82) is 0 Å². The first kappa shape index (κ1) is 18.9. The summed E-state index contributed by atoms with van der Waals surface area (Å²) in [6, 6.07) is 7.08. The van der Waals surface area contributed by atoms with Crippen molar-refractivity contribution in [3.05, 3.63) is 58.9 Å². The summed E-state index contributed by atoms with van der Waals surface area (Å²) >= 11 is 0. The molecule has 0 spiro atoms. The maximum atomic E-state index is 14.3. The van der Waals surface area contributed by atoms with Gasteiger partial charge in [-0.2, -0.15) is 0 Å². The quantitative estimate of drug-likeness (QED) is 0.738. The Morgan fingerprint density at radius 3 is 2.76 bits per heavy atom. The van der Waals surface area contributed by atoms with Crippen molar-refractivity contribution < 1.29 is 26.0 Å². The average molecular weight is 384 g/mol. The Hall–Kier alpha value is -2.38. The number of amides is 1. The first-order valence-corrected chi connectivity index (χ1v) is 7.60. The fourth-order valence-corrected chi connectivity index (χ4v) is 2.77. The van der Waals surface area contributed by atoms with Gasteiger partial charge in [-0.05, 0) is 43.2 Å². The number of benzene rings is 1. The van der Waals surface area contributed by atoms with Crippen LogP contribution in [-0.4, -0.2) is 22.5 Å². The Balaban J connectivity index is 0.00000225. The molecule has 7 heteroatoms. The molecule has 3 aromatic rings. The topological polar surface area (TPSA) is 61.0 Å². The van der Waals surface area contributed by atoms with Crippen LogP contribution in [0.5, 0.6) is 0 Å². The molecule has 0 bridgehead atoms. The summed E-state index contributed by atoms with van der Waals surface area (Å²) in [6.07, 6.45) is 3.44. The Bertz CT molecular complexity index is 900. The van der Waals surface area contributed by atoms with Crippen LogP contribution >= 0.6 is 0 Å². The molecule has 25 heavy (non-hydrogen) atoms. The summed E-state index contributed by atoms with van der Waals surface area (Å²) in [5.41, 5.74) is 2.93. The summed E-state index contributed by atoms with van der Waals surface area (Å²) in [5, 5.41) is 7.55. The molecular weight excluding hydrogens is 366 g/mol. The second-order valence-corrected chi connectivity index (χ2v) is 5.72. The third kappa shape index (κ3) is 3.83. The van der Waals surface area contributed by atoms with E-state index in [1.165, 1.54) is 13.1 Å². The Morgan fingerprint density at radius 1 is 1.32 bits per heavy atom. The van der Waals surface area contributed by atoms with Gasteiger partial charge in [0.1, 0.15) is 11.6 Å². The Labute approximate surface area is 155 Å². The monoisotopic (exact) mass is 384 g/mol. The van der Waals surface area contributed by atoms with Gasteiger partial charge >= 0.3 is 0 Å². The largest absolute Gasteiger partial charge is 0.654 e. The number of carbonyl (C=O) groups is 1. The number of carbonyl (C=O) groups excluding carboxylic acids is 1. The number of likely N-dealkylation sites (N-methyl/N-ethyl adjacent to an activating group) is 1. The second kappa shape index (κ2) is 7.67. The van der Waals surface area contributed by atoms with Gasteiger partial charge in [0, 0.05) is 34.6 Å². The van der Waals surface area contributed by atoms with E-state index in [9.17, 15) is 9.18 Å². The Kier molecular flexibility index (Phi) is 5.81. The van der Waals surface area contributed by atoms with E-state index in [2.05, 4.69) is 15.6 Å². The minimum atomic E-state index is -0.314. The minimum Gasteiger partial charge on any atom is -0.654 e. The molecule has 0 atom stereocenters. The molecule has 0 fully saturated rings. The zero-order valence-corrected chi connectivity index (χ0v) is 15.2. The molecule has 1 N–H and O–H groups in total. The third-order valence-electron chi connectivity index (χ3n) is 3.93. The van der Waals surface area contributed by atoms with Crippen LogP contribution in [0.3, 0.4) is 0 Å². The first-order valence-electron chi connectivity index (χ1n) is 7.60. The average Bonchev–Trinajstić information content (AvgIpc) is 2.94. The number of pyridine rings is 1. The molecule has 0 saturated carbocycles. The number of nitrogens with one attached hydrogen (secondary N) is 1. The molecule has 5 nitrogen and oxygen atoms in total. The van der Waals surface area contributed by atoms with E-state index in [0.717, 1.165) is 22.0 Å². The van der Waals surface area contributed by atoms with E-state index < -0.39 is 0 Å². The molecular formula is C18H18CoFN4O-. The van der Waals surface area contributed by atoms with Crippen molar-refractivity contribution in [2.24, 2.45) is 0 Å². The van der Waals surface area contributed by atoms with Crippen molar-refractivity contribution in [3.63, 3.8) is 0 Å². The first-order chi connectivity index (χ1) is 11.5. The maximum Gasteiger partial charge on any atom is 0.147 e. The van der Waals surface area contributed by atoms with E-state index in [1.807, 2.05) is 32.0 Å². The molecule has 1 aromatic carbocycles. The van der Waals surface area contributed by atoms with Gasteiger partial charge in [-0.3, -0.25) is 0 Å². The van der Waals surface area contributed by atoms with Gasteiger partial charge in [0.15, 0.2) is 0 Å². The SMILES string of the molecule is C[N-]C(=O)Cn1ccc2c(Nc3c(C)cc(C)cc3F)nccc21.[Co]. The van der Waals surface area contributed by atoms with Crippen LogP contribution in [0, 0.1) is 19.7 Å². The predicted octanol–water partition coefficient (Wildman–Crippen LogP) is 4.06. The summed E-state index contributed by atoms with van der Waals surface area (Å²) in [7, 11) is 1.48. The number of fused-ring (bicyclic) bond motifs is 1. The molecule has 1 radical (unpaired) electrons. The fourth-order valence-electron chi connectivity index (χ4n) is 2.77. The van der Waals surface area contributed by atoms with Crippen LogP contribution in [0.2, 0.25) is 0 Å². The van der Waals surface area contributed by atoms with Gasteiger partial charge in [0.25, 0.3) is 0 Å².